The van der Waals surface area contributed by atoms with Crippen LogP contribution in [0.25, 0.3) is 0 Å². The summed E-state index contributed by atoms with van der Waals surface area (Å²) in [4.78, 5) is 28.2. The number of fused-ring (bicyclic) bond motifs is 2. The van der Waals surface area contributed by atoms with E-state index < -0.39 is 11.9 Å². The number of rotatable bonds is 5. The molecule has 0 saturated heterocycles. The van der Waals surface area contributed by atoms with E-state index in [0.29, 0.717) is 40.7 Å². The lowest BCUT2D eigenvalue weighted by molar-refractivity contribution is -0.136. The lowest BCUT2D eigenvalue weighted by Gasteiger charge is -2.27. The van der Waals surface area contributed by atoms with Crippen LogP contribution in [0.5, 0.6) is 28.7 Å². The molecule has 1 aromatic heterocycles. The maximum absolute atomic E-state index is 12.8. The molecule has 1 atom stereocenters. The van der Waals surface area contributed by atoms with Crippen LogP contribution in [0.3, 0.4) is 0 Å². The minimum Gasteiger partial charge on any atom is -0.493 e. The first-order chi connectivity index (χ1) is 17.1. The Morgan fingerprint density at radius 2 is 1.77 bits per heavy atom. The number of benzene rings is 2. The molecule has 1 aliphatic carbocycles. The van der Waals surface area contributed by atoms with Gasteiger partial charge in [0.15, 0.2) is 23.0 Å². The first-order valence-corrected chi connectivity index (χ1v) is 11.0. The Labute approximate surface area is 200 Å². The highest BCUT2D eigenvalue weighted by Crippen LogP contribution is 2.50. The van der Waals surface area contributed by atoms with Crippen molar-refractivity contribution in [3.63, 3.8) is 0 Å². The lowest BCUT2D eigenvalue weighted by Crippen LogP contribution is -2.18. The smallest absolute Gasteiger partial charge is 0.360 e. The standard InChI is InChI=1S/C26H21NO8/c1-30-20-8-14(9-21(31-2)24(20)35-25(28)17-4-3-5-27-17)22-16-10-19-18(33-12-34-19)7-13(16)6-15-11-32-26(29)23(15)22/h3-5,7-10,22,27H,6,11-12H2,1-2H3/t22-/m0/s1. The van der Waals surface area contributed by atoms with E-state index in [9.17, 15) is 9.59 Å². The van der Waals surface area contributed by atoms with Gasteiger partial charge in [0.1, 0.15) is 12.3 Å². The van der Waals surface area contributed by atoms with Crippen LogP contribution in [-0.2, 0) is 16.0 Å². The molecule has 2 aliphatic heterocycles. The zero-order chi connectivity index (χ0) is 24.1. The molecule has 0 bridgehead atoms. The number of nitrogens with one attached hydrogen (secondary N) is 1. The van der Waals surface area contributed by atoms with E-state index >= 15 is 0 Å². The van der Waals surface area contributed by atoms with Gasteiger partial charge in [-0.05, 0) is 65.1 Å². The maximum Gasteiger partial charge on any atom is 0.360 e. The number of ether oxygens (including phenoxy) is 6. The zero-order valence-corrected chi connectivity index (χ0v) is 19.0. The summed E-state index contributed by atoms with van der Waals surface area (Å²) >= 11 is 0. The van der Waals surface area contributed by atoms with E-state index in [0.717, 1.165) is 22.3 Å². The third kappa shape index (κ3) is 3.39. The highest BCUT2D eigenvalue weighted by atomic mass is 16.7. The van der Waals surface area contributed by atoms with Gasteiger partial charge >= 0.3 is 11.9 Å². The summed E-state index contributed by atoms with van der Waals surface area (Å²) in [7, 11) is 2.96. The molecule has 2 aromatic carbocycles. The van der Waals surface area contributed by atoms with Gasteiger partial charge in [0.25, 0.3) is 0 Å². The second kappa shape index (κ2) is 8.12. The average molecular weight is 475 g/mol. The summed E-state index contributed by atoms with van der Waals surface area (Å²) in [5, 5.41) is 0. The Balaban J connectivity index is 1.48. The average Bonchev–Trinajstić information content (AvgIpc) is 3.63. The van der Waals surface area contributed by atoms with Crippen LogP contribution in [0.15, 0.2) is 53.7 Å². The molecule has 0 unspecified atom stereocenters. The van der Waals surface area contributed by atoms with E-state index in [2.05, 4.69) is 4.98 Å². The van der Waals surface area contributed by atoms with Gasteiger partial charge in [0, 0.05) is 12.1 Å². The number of hydrogen-bond acceptors (Lipinski definition) is 8. The Bertz CT molecular complexity index is 1360. The fourth-order valence-corrected chi connectivity index (χ4v) is 4.85. The Morgan fingerprint density at radius 3 is 2.46 bits per heavy atom. The molecule has 35 heavy (non-hydrogen) atoms. The molecule has 3 heterocycles. The SMILES string of the molecule is COc1cc([C@@H]2C3=C(COC3=O)Cc3cc4c(cc32)OCO4)cc(OC)c1OC(=O)c1ccc[nH]1. The number of carbonyl (C=O) groups is 2. The molecule has 9 heteroatoms. The number of methoxy groups -OCH3 is 2. The molecule has 0 radical (unpaired) electrons. The predicted molar refractivity (Wildman–Crippen MR) is 121 cm³/mol. The third-order valence-electron chi connectivity index (χ3n) is 6.45. The topological polar surface area (TPSA) is 105 Å². The van der Waals surface area contributed by atoms with E-state index in [1.807, 2.05) is 12.1 Å². The molecule has 0 fully saturated rings. The molecule has 9 nitrogen and oxygen atoms in total. The molecule has 0 saturated carbocycles. The normalized spacial score (nSPS) is 17.5. The molecule has 3 aliphatic rings. The summed E-state index contributed by atoms with van der Waals surface area (Å²) in [6.45, 7) is 0.402. The minimum absolute atomic E-state index is 0.142. The second-order valence-electron chi connectivity index (χ2n) is 8.34. The van der Waals surface area contributed by atoms with Gasteiger partial charge in [0.2, 0.25) is 12.5 Å². The summed E-state index contributed by atoms with van der Waals surface area (Å²) < 4.78 is 33.4. The quantitative estimate of drug-likeness (QED) is 0.442. The Hall–Kier alpha value is -4.40. The van der Waals surface area contributed by atoms with Crippen molar-refractivity contribution in [3.05, 3.63) is 76.1 Å². The van der Waals surface area contributed by atoms with Crippen LogP contribution < -0.4 is 23.7 Å². The summed E-state index contributed by atoms with van der Waals surface area (Å²) in [5.41, 5.74) is 4.47. The largest absolute Gasteiger partial charge is 0.493 e. The molecule has 0 spiro atoms. The highest BCUT2D eigenvalue weighted by Gasteiger charge is 2.40. The summed E-state index contributed by atoms with van der Waals surface area (Å²) in [5.74, 6) is 0.643. The number of aromatic amines is 1. The van der Waals surface area contributed by atoms with Crippen molar-refractivity contribution >= 4 is 11.9 Å². The van der Waals surface area contributed by atoms with Gasteiger partial charge in [-0.2, -0.15) is 0 Å². The third-order valence-corrected chi connectivity index (χ3v) is 6.45. The fourth-order valence-electron chi connectivity index (χ4n) is 4.85. The van der Waals surface area contributed by atoms with E-state index in [4.69, 9.17) is 28.4 Å². The monoisotopic (exact) mass is 475 g/mol. The van der Waals surface area contributed by atoms with Gasteiger partial charge in [-0.1, -0.05) is 0 Å². The maximum atomic E-state index is 12.8. The van der Waals surface area contributed by atoms with E-state index in [1.165, 1.54) is 14.2 Å². The van der Waals surface area contributed by atoms with Crippen LogP contribution in [0, 0.1) is 0 Å². The predicted octanol–water partition coefficient (Wildman–Crippen LogP) is 3.52. The van der Waals surface area contributed by atoms with Crippen LogP contribution in [0.1, 0.15) is 33.1 Å². The van der Waals surface area contributed by atoms with Gasteiger partial charge < -0.3 is 33.4 Å². The molecule has 3 aromatic rings. The van der Waals surface area contributed by atoms with Crippen molar-refractivity contribution in [1.82, 2.24) is 4.98 Å². The molecular formula is C26H21NO8. The van der Waals surface area contributed by atoms with E-state index in [1.54, 1.807) is 30.5 Å². The van der Waals surface area contributed by atoms with Crippen LogP contribution >= 0.6 is 0 Å². The lowest BCUT2D eigenvalue weighted by atomic mass is 9.75. The van der Waals surface area contributed by atoms with E-state index in [-0.39, 0.29) is 25.1 Å². The number of hydrogen-bond donors (Lipinski definition) is 1. The van der Waals surface area contributed by atoms with Crippen LogP contribution in [-0.4, -0.2) is 44.5 Å². The van der Waals surface area contributed by atoms with Crippen LogP contribution in [0.4, 0.5) is 0 Å². The number of esters is 2. The van der Waals surface area contributed by atoms with Crippen LogP contribution in [0.2, 0.25) is 0 Å². The number of aromatic nitrogens is 1. The zero-order valence-electron chi connectivity index (χ0n) is 19.0. The van der Waals surface area contributed by atoms with Crippen molar-refractivity contribution in [2.75, 3.05) is 27.6 Å². The number of cyclic esters (lactones) is 1. The fraction of sp³-hybridized carbons (Fsp3) is 0.231. The van der Waals surface area contributed by atoms with Gasteiger partial charge in [-0.15, -0.1) is 0 Å². The van der Waals surface area contributed by atoms with Crippen molar-refractivity contribution in [2.45, 2.75) is 12.3 Å². The summed E-state index contributed by atoms with van der Waals surface area (Å²) in [6, 6.07) is 10.7. The molecule has 1 N–H and O–H groups in total. The Morgan fingerprint density at radius 1 is 1.03 bits per heavy atom. The second-order valence-corrected chi connectivity index (χ2v) is 8.34. The van der Waals surface area contributed by atoms with Crippen molar-refractivity contribution < 1.29 is 38.0 Å². The first-order valence-electron chi connectivity index (χ1n) is 11.0. The Kier molecular flexibility index (Phi) is 4.91. The molecule has 6 rings (SSSR count). The minimum atomic E-state index is -0.584. The van der Waals surface area contributed by atoms with Crippen molar-refractivity contribution in [3.8, 4) is 28.7 Å². The van der Waals surface area contributed by atoms with Gasteiger partial charge in [-0.3, -0.25) is 0 Å². The van der Waals surface area contributed by atoms with Gasteiger partial charge in [-0.25, -0.2) is 9.59 Å². The number of carbonyl (C=O) groups excluding carboxylic acids is 2. The molecule has 0 amide bonds. The van der Waals surface area contributed by atoms with Gasteiger partial charge in [0.05, 0.1) is 19.8 Å². The summed E-state index contributed by atoms with van der Waals surface area (Å²) in [6.07, 6.45) is 2.22. The highest BCUT2D eigenvalue weighted by molar-refractivity contribution is 5.96. The molecular weight excluding hydrogens is 454 g/mol. The van der Waals surface area contributed by atoms with Crippen molar-refractivity contribution in [1.29, 1.82) is 0 Å². The van der Waals surface area contributed by atoms with Crippen molar-refractivity contribution in [2.24, 2.45) is 0 Å². The molecule has 178 valence electrons. The number of H-pyrrole nitrogens is 1. The first kappa shape index (κ1) is 21.2.